The van der Waals surface area contributed by atoms with Crippen molar-refractivity contribution >= 4 is 23.1 Å². The number of hydrogen-bond acceptors (Lipinski definition) is 4. The van der Waals surface area contributed by atoms with Crippen LogP contribution >= 0.6 is 23.1 Å². The standard InChI is InChI=1S/C6H9ClN2OS/c1-8-3-5(10)6-4(7)2-9-11-6/h2,5,8,10H,3H2,1H3. The van der Waals surface area contributed by atoms with E-state index >= 15 is 0 Å². The van der Waals surface area contributed by atoms with Crippen LogP contribution < -0.4 is 5.32 Å². The van der Waals surface area contributed by atoms with Crippen molar-refractivity contribution in [1.29, 1.82) is 0 Å². The van der Waals surface area contributed by atoms with Gasteiger partial charge >= 0.3 is 0 Å². The summed E-state index contributed by atoms with van der Waals surface area (Å²) in [5.74, 6) is 0. The van der Waals surface area contributed by atoms with Gasteiger partial charge in [-0.15, -0.1) is 0 Å². The van der Waals surface area contributed by atoms with Gasteiger partial charge in [0, 0.05) is 6.54 Å². The van der Waals surface area contributed by atoms with E-state index in [1.54, 1.807) is 13.2 Å². The van der Waals surface area contributed by atoms with Crippen molar-refractivity contribution in [1.82, 2.24) is 9.69 Å². The first-order valence-electron chi connectivity index (χ1n) is 3.18. The minimum Gasteiger partial charge on any atom is -0.386 e. The molecule has 1 atom stereocenters. The number of nitrogens with zero attached hydrogens (tertiary/aromatic N) is 1. The molecule has 1 rings (SSSR count). The molecule has 0 saturated carbocycles. The molecule has 1 heterocycles. The molecule has 3 nitrogen and oxygen atoms in total. The lowest BCUT2D eigenvalue weighted by atomic mass is 10.3. The predicted molar refractivity (Wildman–Crippen MR) is 46.0 cm³/mol. The van der Waals surface area contributed by atoms with Gasteiger partial charge in [-0.05, 0) is 18.6 Å². The summed E-state index contributed by atoms with van der Waals surface area (Å²) in [6, 6.07) is 0. The van der Waals surface area contributed by atoms with Crippen molar-refractivity contribution in [2.75, 3.05) is 13.6 Å². The van der Waals surface area contributed by atoms with Crippen molar-refractivity contribution in [3.8, 4) is 0 Å². The second kappa shape index (κ2) is 4.01. The first-order chi connectivity index (χ1) is 5.25. The second-order valence-corrected chi connectivity index (χ2v) is 3.35. The normalized spacial score (nSPS) is 13.4. The van der Waals surface area contributed by atoms with Crippen LogP contribution in [0.4, 0.5) is 0 Å². The van der Waals surface area contributed by atoms with E-state index in [0.717, 1.165) is 4.88 Å². The van der Waals surface area contributed by atoms with E-state index < -0.39 is 6.10 Å². The van der Waals surface area contributed by atoms with Gasteiger partial charge in [-0.25, -0.2) is 0 Å². The van der Waals surface area contributed by atoms with Gasteiger partial charge in [0.15, 0.2) is 0 Å². The van der Waals surface area contributed by atoms with Crippen LogP contribution in [0.2, 0.25) is 5.02 Å². The Morgan fingerprint density at radius 1 is 1.91 bits per heavy atom. The molecule has 62 valence electrons. The number of hydrogen-bond donors (Lipinski definition) is 2. The molecule has 11 heavy (non-hydrogen) atoms. The Hall–Kier alpha value is -0.160. The Morgan fingerprint density at radius 2 is 2.64 bits per heavy atom. The molecule has 0 aromatic carbocycles. The van der Waals surface area contributed by atoms with Gasteiger partial charge in [0.05, 0.1) is 16.1 Å². The van der Waals surface area contributed by atoms with Gasteiger partial charge in [-0.2, -0.15) is 4.37 Å². The van der Waals surface area contributed by atoms with Crippen molar-refractivity contribution in [2.24, 2.45) is 0 Å². The number of halogens is 1. The number of aromatic nitrogens is 1. The van der Waals surface area contributed by atoms with E-state index in [4.69, 9.17) is 11.6 Å². The summed E-state index contributed by atoms with van der Waals surface area (Å²) in [5.41, 5.74) is 0. The minimum atomic E-state index is -0.542. The van der Waals surface area contributed by atoms with E-state index in [1.807, 2.05) is 0 Å². The lowest BCUT2D eigenvalue weighted by Gasteiger charge is -2.06. The lowest BCUT2D eigenvalue weighted by Crippen LogP contribution is -2.15. The number of likely N-dealkylation sites (N-methyl/N-ethyl adjacent to an activating group) is 1. The third-order valence-electron chi connectivity index (χ3n) is 1.25. The molecule has 0 saturated heterocycles. The second-order valence-electron chi connectivity index (χ2n) is 2.11. The van der Waals surface area contributed by atoms with Gasteiger partial charge in [-0.3, -0.25) is 0 Å². The Kier molecular flexibility index (Phi) is 3.26. The fourth-order valence-corrected chi connectivity index (χ4v) is 1.70. The Morgan fingerprint density at radius 3 is 3.09 bits per heavy atom. The molecular formula is C6H9ClN2OS. The van der Waals surface area contributed by atoms with Crippen LogP contribution in [0, 0.1) is 0 Å². The fraction of sp³-hybridized carbons (Fsp3) is 0.500. The molecule has 0 bridgehead atoms. The topological polar surface area (TPSA) is 45.1 Å². The number of rotatable bonds is 3. The van der Waals surface area contributed by atoms with Crippen molar-refractivity contribution in [2.45, 2.75) is 6.10 Å². The van der Waals surface area contributed by atoms with Crippen LogP contribution in [0.25, 0.3) is 0 Å². The van der Waals surface area contributed by atoms with E-state index in [2.05, 4.69) is 9.69 Å². The third-order valence-corrected chi connectivity index (χ3v) is 2.57. The summed E-state index contributed by atoms with van der Waals surface area (Å²) in [7, 11) is 1.78. The number of aliphatic hydroxyl groups is 1. The summed E-state index contributed by atoms with van der Waals surface area (Å²) in [5, 5.41) is 12.8. The van der Waals surface area contributed by atoms with Crippen LogP contribution in [-0.4, -0.2) is 23.1 Å². The maximum absolute atomic E-state index is 9.41. The van der Waals surface area contributed by atoms with Crippen LogP contribution in [0.1, 0.15) is 11.0 Å². The quantitative estimate of drug-likeness (QED) is 0.753. The third kappa shape index (κ3) is 2.13. The first kappa shape index (κ1) is 8.93. The Balaban J connectivity index is 2.67. The molecule has 0 fully saturated rings. The average molecular weight is 193 g/mol. The van der Waals surface area contributed by atoms with Crippen LogP contribution in [0.5, 0.6) is 0 Å². The van der Waals surface area contributed by atoms with Gasteiger partial charge in [0.2, 0.25) is 0 Å². The molecule has 1 aromatic heterocycles. The predicted octanol–water partition coefficient (Wildman–Crippen LogP) is 1.05. The number of nitrogens with one attached hydrogen (secondary N) is 1. The van der Waals surface area contributed by atoms with Crippen LogP contribution in [0.3, 0.4) is 0 Å². The SMILES string of the molecule is CNCC(O)c1sncc1Cl. The zero-order valence-corrected chi connectivity index (χ0v) is 7.61. The molecule has 0 radical (unpaired) electrons. The number of aliphatic hydroxyl groups excluding tert-OH is 1. The van der Waals surface area contributed by atoms with Gasteiger partial charge in [-0.1, -0.05) is 11.6 Å². The zero-order chi connectivity index (χ0) is 8.27. The van der Waals surface area contributed by atoms with Gasteiger partial charge < -0.3 is 10.4 Å². The molecule has 1 unspecified atom stereocenters. The van der Waals surface area contributed by atoms with E-state index in [9.17, 15) is 5.11 Å². The van der Waals surface area contributed by atoms with Crippen molar-refractivity contribution in [3.63, 3.8) is 0 Å². The molecule has 0 aliphatic carbocycles. The summed E-state index contributed by atoms with van der Waals surface area (Å²) in [6.45, 7) is 0.502. The van der Waals surface area contributed by atoms with E-state index in [1.165, 1.54) is 11.5 Å². The molecule has 0 aliphatic rings. The van der Waals surface area contributed by atoms with Crippen molar-refractivity contribution in [3.05, 3.63) is 16.1 Å². The van der Waals surface area contributed by atoms with Gasteiger partial charge in [0.25, 0.3) is 0 Å². The molecule has 5 heteroatoms. The highest BCUT2D eigenvalue weighted by atomic mass is 35.5. The summed E-state index contributed by atoms with van der Waals surface area (Å²) >= 11 is 6.96. The van der Waals surface area contributed by atoms with Crippen molar-refractivity contribution < 1.29 is 5.11 Å². The highest BCUT2D eigenvalue weighted by molar-refractivity contribution is 7.06. The van der Waals surface area contributed by atoms with E-state index in [0.29, 0.717) is 11.6 Å². The molecule has 0 spiro atoms. The minimum absolute atomic E-state index is 0.502. The largest absolute Gasteiger partial charge is 0.386 e. The molecule has 0 amide bonds. The zero-order valence-electron chi connectivity index (χ0n) is 6.04. The van der Waals surface area contributed by atoms with Crippen LogP contribution in [-0.2, 0) is 0 Å². The summed E-state index contributed by atoms with van der Waals surface area (Å²) in [4.78, 5) is 0.723. The molecular weight excluding hydrogens is 184 g/mol. The fourth-order valence-electron chi connectivity index (χ4n) is 0.743. The lowest BCUT2D eigenvalue weighted by molar-refractivity contribution is 0.181. The van der Waals surface area contributed by atoms with E-state index in [-0.39, 0.29) is 0 Å². The Labute approximate surface area is 74.2 Å². The highest BCUT2D eigenvalue weighted by Crippen LogP contribution is 2.25. The van der Waals surface area contributed by atoms with Gasteiger partial charge in [0.1, 0.15) is 6.10 Å². The summed E-state index contributed by atoms with van der Waals surface area (Å²) < 4.78 is 3.85. The smallest absolute Gasteiger partial charge is 0.104 e. The maximum atomic E-state index is 9.41. The highest BCUT2D eigenvalue weighted by Gasteiger charge is 2.12. The molecule has 1 aromatic rings. The Bertz CT molecular complexity index is 228. The first-order valence-corrected chi connectivity index (χ1v) is 4.33. The summed E-state index contributed by atoms with van der Waals surface area (Å²) in [6.07, 6.45) is 1.00. The molecule has 2 N–H and O–H groups in total. The van der Waals surface area contributed by atoms with Crippen LogP contribution in [0.15, 0.2) is 6.20 Å². The molecule has 0 aliphatic heterocycles. The monoisotopic (exact) mass is 192 g/mol. The maximum Gasteiger partial charge on any atom is 0.104 e. The average Bonchev–Trinajstić information content (AvgIpc) is 2.36.